The molecule has 0 bridgehead atoms. The number of H-pyrrole nitrogens is 1. The number of benzene rings is 1. The number of esters is 2. The van der Waals surface area contributed by atoms with Crippen LogP contribution in [0, 0.1) is 23.2 Å². The number of nitrogens with zero attached hydrogens (tertiary/aromatic N) is 2. The largest absolute Gasteiger partial charge is 0.468 e. The average Bonchev–Trinajstić information content (AvgIpc) is 3.12. The zero-order valence-corrected chi connectivity index (χ0v) is 15.8. The number of fused-ring (bicyclic) bond motifs is 5. The molecule has 2 atom stereocenters. The Morgan fingerprint density at radius 1 is 1.25 bits per heavy atom. The highest BCUT2D eigenvalue weighted by molar-refractivity contribution is 5.95. The van der Waals surface area contributed by atoms with Gasteiger partial charge in [-0.05, 0) is 24.5 Å². The van der Waals surface area contributed by atoms with Crippen molar-refractivity contribution in [3.8, 4) is 6.07 Å². The van der Waals surface area contributed by atoms with Crippen molar-refractivity contribution in [2.45, 2.75) is 18.9 Å². The third-order valence-corrected chi connectivity index (χ3v) is 5.82. The summed E-state index contributed by atoms with van der Waals surface area (Å²) in [5, 5.41) is 10.9. The van der Waals surface area contributed by atoms with Crippen molar-refractivity contribution in [2.75, 3.05) is 20.8 Å². The van der Waals surface area contributed by atoms with E-state index in [4.69, 9.17) is 9.47 Å². The Hall–Kier alpha value is -3.27. The van der Waals surface area contributed by atoms with E-state index >= 15 is 0 Å². The number of para-hydroxylation sites is 1. The molecule has 1 aromatic carbocycles. The molecular weight excluding hydrogens is 358 g/mol. The fraction of sp³-hybridized carbons (Fsp3) is 0.381. The van der Waals surface area contributed by atoms with Gasteiger partial charge in [-0.3, -0.25) is 9.59 Å². The number of hydrogen-bond acceptors (Lipinski definition) is 6. The molecule has 0 spiro atoms. The molecule has 0 saturated heterocycles. The minimum absolute atomic E-state index is 0.0462. The first kappa shape index (κ1) is 18.1. The monoisotopic (exact) mass is 379 g/mol. The van der Waals surface area contributed by atoms with Gasteiger partial charge in [0.2, 0.25) is 0 Å². The highest BCUT2D eigenvalue weighted by Gasteiger charge is 2.45. The summed E-state index contributed by atoms with van der Waals surface area (Å²) in [5.41, 5.74) is 3.81. The van der Waals surface area contributed by atoms with Crippen LogP contribution in [0.1, 0.15) is 23.7 Å². The molecule has 1 N–H and O–H groups in total. The smallest absolute Gasteiger partial charge is 0.320 e. The highest BCUT2D eigenvalue weighted by Crippen LogP contribution is 2.44. The van der Waals surface area contributed by atoms with E-state index in [0.29, 0.717) is 12.0 Å². The number of carbonyl (C=O) groups excluding carboxylic acids is 2. The number of methoxy groups -OCH3 is 2. The zero-order valence-electron chi connectivity index (χ0n) is 15.8. The van der Waals surface area contributed by atoms with Crippen LogP contribution < -0.4 is 0 Å². The van der Waals surface area contributed by atoms with E-state index < -0.39 is 23.8 Å². The Kier molecular flexibility index (Phi) is 4.55. The number of allylic oxidation sites excluding steroid dienone is 1. The summed E-state index contributed by atoms with van der Waals surface area (Å²) in [4.78, 5) is 30.3. The summed E-state index contributed by atoms with van der Waals surface area (Å²) in [6, 6.07) is 10.3. The number of aromatic amines is 1. The second kappa shape index (κ2) is 7.04. The van der Waals surface area contributed by atoms with Crippen LogP contribution in [0.15, 0.2) is 36.0 Å². The summed E-state index contributed by atoms with van der Waals surface area (Å²) >= 11 is 0. The van der Waals surface area contributed by atoms with Crippen molar-refractivity contribution in [2.24, 2.45) is 11.8 Å². The molecule has 7 heteroatoms. The number of hydrogen-bond donors (Lipinski definition) is 1. The number of rotatable bonds is 3. The molecule has 2 aromatic rings. The number of nitriles is 1. The van der Waals surface area contributed by atoms with Gasteiger partial charge in [0.1, 0.15) is 0 Å². The molecule has 0 radical (unpaired) electrons. The van der Waals surface area contributed by atoms with Crippen molar-refractivity contribution in [1.82, 2.24) is 9.88 Å². The third kappa shape index (κ3) is 2.73. The SMILES string of the molecule is COC(=O)C(C(=O)OC)[C@H]1C[C@@H]2c3[nH]c4ccccc4c3CCN2C=C1C#N. The molecule has 1 aromatic heterocycles. The second-order valence-corrected chi connectivity index (χ2v) is 7.13. The van der Waals surface area contributed by atoms with E-state index in [-0.39, 0.29) is 6.04 Å². The predicted octanol–water partition coefficient (Wildman–Crippen LogP) is 2.46. The van der Waals surface area contributed by atoms with Gasteiger partial charge in [-0.1, -0.05) is 18.2 Å². The molecule has 28 heavy (non-hydrogen) atoms. The van der Waals surface area contributed by atoms with Gasteiger partial charge in [0, 0.05) is 40.8 Å². The lowest BCUT2D eigenvalue weighted by atomic mass is 9.77. The quantitative estimate of drug-likeness (QED) is 0.650. The van der Waals surface area contributed by atoms with Crippen molar-refractivity contribution < 1.29 is 19.1 Å². The summed E-state index contributed by atoms with van der Waals surface area (Å²) in [5.74, 6) is -3.11. The minimum atomic E-state index is -1.15. The van der Waals surface area contributed by atoms with Gasteiger partial charge in [-0.15, -0.1) is 0 Å². The van der Waals surface area contributed by atoms with E-state index in [0.717, 1.165) is 24.2 Å². The second-order valence-electron chi connectivity index (χ2n) is 7.13. The minimum Gasteiger partial charge on any atom is -0.468 e. The van der Waals surface area contributed by atoms with Gasteiger partial charge in [-0.25, -0.2) is 0 Å². The van der Waals surface area contributed by atoms with Gasteiger partial charge in [-0.2, -0.15) is 5.26 Å². The van der Waals surface area contributed by atoms with E-state index in [1.807, 2.05) is 18.2 Å². The summed E-state index contributed by atoms with van der Waals surface area (Å²) < 4.78 is 9.67. The third-order valence-electron chi connectivity index (χ3n) is 5.82. The molecular formula is C21H21N3O4. The van der Waals surface area contributed by atoms with Gasteiger partial charge in [0.15, 0.2) is 5.92 Å². The van der Waals surface area contributed by atoms with Crippen LogP contribution in [0.3, 0.4) is 0 Å². The van der Waals surface area contributed by atoms with E-state index in [9.17, 15) is 14.9 Å². The van der Waals surface area contributed by atoms with Crippen LogP contribution in [0.2, 0.25) is 0 Å². The number of aromatic nitrogens is 1. The maximum atomic E-state index is 12.3. The zero-order chi connectivity index (χ0) is 19.8. The lowest BCUT2D eigenvalue weighted by molar-refractivity contribution is -0.161. The van der Waals surface area contributed by atoms with E-state index in [1.54, 1.807) is 6.20 Å². The Balaban J connectivity index is 1.78. The van der Waals surface area contributed by atoms with Crippen LogP contribution in [0.5, 0.6) is 0 Å². The maximum Gasteiger partial charge on any atom is 0.320 e. The summed E-state index contributed by atoms with van der Waals surface area (Å²) in [7, 11) is 2.47. The molecule has 0 fully saturated rings. The van der Waals surface area contributed by atoms with Crippen molar-refractivity contribution in [3.63, 3.8) is 0 Å². The molecule has 0 unspecified atom stereocenters. The molecule has 0 saturated carbocycles. The van der Waals surface area contributed by atoms with Gasteiger partial charge >= 0.3 is 11.9 Å². The molecule has 144 valence electrons. The summed E-state index contributed by atoms with van der Waals surface area (Å²) in [6.45, 7) is 0.776. The van der Waals surface area contributed by atoms with Crippen LogP contribution in [0.4, 0.5) is 0 Å². The molecule has 0 amide bonds. The molecule has 3 heterocycles. The normalized spacial score (nSPS) is 20.8. The summed E-state index contributed by atoms with van der Waals surface area (Å²) in [6.07, 6.45) is 3.10. The first-order valence-electron chi connectivity index (χ1n) is 9.21. The van der Waals surface area contributed by atoms with Crippen LogP contribution in [-0.2, 0) is 25.5 Å². The van der Waals surface area contributed by atoms with Gasteiger partial charge in [0.25, 0.3) is 0 Å². The molecule has 4 rings (SSSR count). The van der Waals surface area contributed by atoms with Crippen LogP contribution in [-0.4, -0.2) is 42.6 Å². The first-order chi connectivity index (χ1) is 13.6. The Morgan fingerprint density at radius 3 is 2.64 bits per heavy atom. The van der Waals surface area contributed by atoms with Crippen LogP contribution >= 0.6 is 0 Å². The van der Waals surface area contributed by atoms with Crippen molar-refractivity contribution >= 4 is 22.8 Å². The fourth-order valence-electron chi connectivity index (χ4n) is 4.49. The predicted molar refractivity (Wildman–Crippen MR) is 101 cm³/mol. The number of nitrogens with one attached hydrogen (secondary N) is 1. The van der Waals surface area contributed by atoms with Crippen LogP contribution in [0.25, 0.3) is 10.9 Å². The topological polar surface area (TPSA) is 95.4 Å². The van der Waals surface area contributed by atoms with Gasteiger partial charge < -0.3 is 19.4 Å². The Bertz CT molecular complexity index is 1000. The Morgan fingerprint density at radius 2 is 1.96 bits per heavy atom. The molecule has 2 aliphatic heterocycles. The number of ether oxygens (including phenoxy) is 2. The number of carbonyl (C=O) groups is 2. The first-order valence-corrected chi connectivity index (χ1v) is 9.21. The van der Waals surface area contributed by atoms with E-state index in [2.05, 4.69) is 22.0 Å². The lowest BCUT2D eigenvalue weighted by Gasteiger charge is -2.41. The molecule has 2 aliphatic rings. The van der Waals surface area contributed by atoms with Crippen molar-refractivity contribution in [1.29, 1.82) is 5.26 Å². The van der Waals surface area contributed by atoms with E-state index in [1.165, 1.54) is 25.2 Å². The lowest BCUT2D eigenvalue weighted by Crippen LogP contribution is -2.42. The standard InChI is InChI=1S/C21H21N3O4/c1-27-20(25)18(21(26)28-2)15-9-17-19-14(7-8-24(17)11-12(15)10-22)13-5-3-4-6-16(13)23-19/h3-6,11,15,17-18,23H,7-9H2,1-2H3/t15-,17+/m0/s1. The highest BCUT2D eigenvalue weighted by atomic mass is 16.5. The maximum absolute atomic E-state index is 12.3. The fourth-order valence-corrected chi connectivity index (χ4v) is 4.49. The Labute approximate surface area is 162 Å². The average molecular weight is 379 g/mol. The van der Waals surface area contributed by atoms with Gasteiger partial charge in [0.05, 0.1) is 26.3 Å². The molecule has 0 aliphatic carbocycles. The molecule has 7 nitrogen and oxygen atoms in total. The van der Waals surface area contributed by atoms with Crippen molar-refractivity contribution in [3.05, 3.63) is 47.3 Å².